The number of ether oxygens (including phenoxy) is 1. The molecule has 0 unspecified atom stereocenters. The van der Waals surface area contributed by atoms with E-state index in [1.165, 1.54) is 11.3 Å². The van der Waals surface area contributed by atoms with E-state index in [0.29, 0.717) is 22.8 Å². The minimum atomic E-state index is -0.426. The van der Waals surface area contributed by atoms with E-state index >= 15 is 0 Å². The van der Waals surface area contributed by atoms with Crippen LogP contribution in [0.25, 0.3) is 10.4 Å². The highest BCUT2D eigenvalue weighted by molar-refractivity contribution is 7.17. The Morgan fingerprint density at radius 1 is 1.44 bits per heavy atom. The smallest absolute Gasteiger partial charge is 0.258 e. The Hall–Kier alpha value is -2.32. The predicted molar refractivity (Wildman–Crippen MR) is 67.3 cm³/mol. The second-order valence-electron chi connectivity index (χ2n) is 3.94. The van der Waals surface area contributed by atoms with E-state index < -0.39 is 5.91 Å². The van der Waals surface area contributed by atoms with E-state index in [-0.39, 0.29) is 0 Å². The van der Waals surface area contributed by atoms with Crippen molar-refractivity contribution in [3.63, 3.8) is 0 Å². The van der Waals surface area contributed by atoms with Crippen molar-refractivity contribution in [2.24, 2.45) is 5.73 Å². The lowest BCUT2D eigenvalue weighted by Gasteiger charge is -2.17. The number of benzene rings is 1. The van der Waals surface area contributed by atoms with Crippen LogP contribution in [0.5, 0.6) is 5.75 Å². The van der Waals surface area contributed by atoms with Crippen molar-refractivity contribution in [2.75, 3.05) is 0 Å². The molecule has 1 aliphatic heterocycles. The maximum absolute atomic E-state index is 11.2. The molecule has 4 nitrogen and oxygen atoms in total. The number of hydrogen-bond acceptors (Lipinski definition) is 4. The first kappa shape index (κ1) is 10.8. The van der Waals surface area contributed by atoms with Crippen molar-refractivity contribution in [3.05, 3.63) is 40.3 Å². The molecule has 0 aliphatic carbocycles. The molecule has 1 aromatic heterocycles. The van der Waals surface area contributed by atoms with Crippen molar-refractivity contribution < 1.29 is 9.53 Å². The molecule has 88 valence electrons. The summed E-state index contributed by atoms with van der Waals surface area (Å²) in [4.78, 5) is 12.7. The topological polar surface area (TPSA) is 76.1 Å². The number of hydrogen-bond donors (Lipinski definition) is 1. The molecule has 0 saturated carbocycles. The summed E-state index contributed by atoms with van der Waals surface area (Å²) in [6, 6.07) is 9.13. The fourth-order valence-corrected chi connectivity index (χ4v) is 2.99. The zero-order valence-corrected chi connectivity index (χ0v) is 10.1. The molecule has 2 N–H and O–H groups in total. The standard InChI is InChI=1S/C13H8N2O2S/c14-5-7-1-2-9-10(3-7)17-6-8-4-11(13(15)16)18-12(8)9/h1-4H,6H2,(H2,15,16). The summed E-state index contributed by atoms with van der Waals surface area (Å²) in [5.41, 5.74) is 7.71. The van der Waals surface area contributed by atoms with Crippen LogP contribution in [0.4, 0.5) is 0 Å². The van der Waals surface area contributed by atoms with Crippen molar-refractivity contribution in [1.82, 2.24) is 0 Å². The van der Waals surface area contributed by atoms with Gasteiger partial charge in [-0.05, 0) is 24.3 Å². The summed E-state index contributed by atoms with van der Waals surface area (Å²) in [5, 5.41) is 8.85. The van der Waals surface area contributed by atoms with Crippen LogP contribution in [0.3, 0.4) is 0 Å². The quantitative estimate of drug-likeness (QED) is 0.850. The van der Waals surface area contributed by atoms with Gasteiger partial charge in [0.05, 0.1) is 16.5 Å². The van der Waals surface area contributed by atoms with Crippen LogP contribution in [0.1, 0.15) is 20.8 Å². The second kappa shape index (κ2) is 3.86. The number of nitriles is 1. The van der Waals surface area contributed by atoms with Crippen LogP contribution in [0, 0.1) is 11.3 Å². The monoisotopic (exact) mass is 256 g/mol. The minimum absolute atomic E-state index is 0.404. The molecule has 1 aromatic carbocycles. The zero-order valence-electron chi connectivity index (χ0n) is 9.27. The number of fused-ring (bicyclic) bond motifs is 3. The van der Waals surface area contributed by atoms with Crippen molar-refractivity contribution in [3.8, 4) is 22.3 Å². The van der Waals surface area contributed by atoms with Crippen molar-refractivity contribution in [1.29, 1.82) is 5.26 Å². The Morgan fingerprint density at radius 2 is 2.28 bits per heavy atom. The Kier molecular flexibility index (Phi) is 2.32. The summed E-state index contributed by atoms with van der Waals surface area (Å²) in [6.45, 7) is 0.404. The van der Waals surface area contributed by atoms with Gasteiger partial charge in [0.25, 0.3) is 5.91 Å². The third kappa shape index (κ3) is 1.55. The van der Waals surface area contributed by atoms with Gasteiger partial charge < -0.3 is 10.5 Å². The van der Waals surface area contributed by atoms with Gasteiger partial charge in [-0.1, -0.05) is 0 Å². The molecule has 0 atom stereocenters. The number of amides is 1. The average molecular weight is 256 g/mol. The Morgan fingerprint density at radius 3 is 3.00 bits per heavy atom. The Balaban J connectivity index is 2.17. The van der Waals surface area contributed by atoms with Crippen molar-refractivity contribution >= 4 is 17.2 Å². The summed E-state index contributed by atoms with van der Waals surface area (Å²) in [7, 11) is 0. The molecule has 0 bridgehead atoms. The maximum Gasteiger partial charge on any atom is 0.258 e. The van der Waals surface area contributed by atoms with Crippen molar-refractivity contribution in [2.45, 2.75) is 6.61 Å². The lowest BCUT2D eigenvalue weighted by Crippen LogP contribution is -2.08. The van der Waals surface area contributed by atoms with Gasteiger partial charge in [-0.3, -0.25) is 4.79 Å². The van der Waals surface area contributed by atoms with Gasteiger partial charge in [0.15, 0.2) is 0 Å². The summed E-state index contributed by atoms with van der Waals surface area (Å²) in [6.07, 6.45) is 0. The molecule has 3 rings (SSSR count). The number of thiophene rings is 1. The molecule has 1 amide bonds. The number of carbonyl (C=O) groups is 1. The van der Waals surface area contributed by atoms with Gasteiger partial charge in [-0.2, -0.15) is 5.26 Å². The minimum Gasteiger partial charge on any atom is -0.488 e. The largest absolute Gasteiger partial charge is 0.488 e. The highest BCUT2D eigenvalue weighted by Crippen LogP contribution is 2.42. The molecule has 0 fully saturated rings. The summed E-state index contributed by atoms with van der Waals surface area (Å²) >= 11 is 1.36. The highest BCUT2D eigenvalue weighted by atomic mass is 32.1. The first-order valence-corrected chi connectivity index (χ1v) is 6.10. The fourth-order valence-electron chi connectivity index (χ4n) is 1.94. The molecule has 0 radical (unpaired) electrons. The average Bonchev–Trinajstić information content (AvgIpc) is 2.82. The van der Waals surface area contributed by atoms with E-state index in [2.05, 4.69) is 6.07 Å². The maximum atomic E-state index is 11.2. The molecular formula is C13H8N2O2S. The van der Waals surface area contributed by atoms with Crippen LogP contribution in [-0.4, -0.2) is 5.91 Å². The van der Waals surface area contributed by atoms with Gasteiger partial charge in [0.1, 0.15) is 12.4 Å². The summed E-state index contributed by atoms with van der Waals surface area (Å²) in [5.74, 6) is 0.254. The lowest BCUT2D eigenvalue weighted by atomic mass is 10.0. The molecule has 1 aliphatic rings. The molecular weight excluding hydrogens is 248 g/mol. The molecule has 0 spiro atoms. The summed E-state index contributed by atoms with van der Waals surface area (Å²) < 4.78 is 5.59. The van der Waals surface area contributed by atoms with E-state index in [1.54, 1.807) is 18.2 Å². The van der Waals surface area contributed by atoms with Gasteiger partial charge in [-0.25, -0.2) is 0 Å². The number of primary amides is 1. The molecule has 2 aromatic rings. The first-order valence-electron chi connectivity index (χ1n) is 5.29. The number of rotatable bonds is 1. The number of carbonyl (C=O) groups excluding carboxylic acids is 1. The number of nitrogens with zero attached hydrogens (tertiary/aromatic N) is 1. The fraction of sp³-hybridized carbons (Fsp3) is 0.0769. The normalized spacial score (nSPS) is 11.9. The predicted octanol–water partition coefficient (Wildman–Crippen LogP) is 2.28. The van der Waals surface area contributed by atoms with Gasteiger partial charge in [-0.15, -0.1) is 11.3 Å². The lowest BCUT2D eigenvalue weighted by molar-refractivity contribution is 0.100. The zero-order chi connectivity index (χ0) is 12.7. The third-order valence-electron chi connectivity index (χ3n) is 2.79. The van der Waals surface area contributed by atoms with Crippen LogP contribution >= 0.6 is 11.3 Å². The number of nitrogens with two attached hydrogens (primary N) is 1. The SMILES string of the molecule is N#Cc1ccc2c(c1)OCc1cc(C(N)=O)sc1-2. The van der Waals surface area contributed by atoms with Crippen LogP contribution in [0.15, 0.2) is 24.3 Å². The molecule has 0 saturated heterocycles. The molecule has 18 heavy (non-hydrogen) atoms. The van der Waals surface area contributed by atoms with E-state index in [0.717, 1.165) is 16.0 Å². The van der Waals surface area contributed by atoms with E-state index in [9.17, 15) is 4.79 Å². The van der Waals surface area contributed by atoms with E-state index in [1.807, 2.05) is 6.07 Å². The van der Waals surface area contributed by atoms with Gasteiger partial charge in [0, 0.05) is 16.0 Å². The van der Waals surface area contributed by atoms with E-state index in [4.69, 9.17) is 15.7 Å². The third-order valence-corrected chi connectivity index (χ3v) is 4.02. The van der Waals surface area contributed by atoms with Crippen LogP contribution in [0.2, 0.25) is 0 Å². The Bertz CT molecular complexity index is 698. The molecule has 5 heteroatoms. The highest BCUT2D eigenvalue weighted by Gasteiger charge is 2.22. The molecule has 2 heterocycles. The first-order chi connectivity index (χ1) is 8.69. The van der Waals surface area contributed by atoms with Gasteiger partial charge in [0.2, 0.25) is 0 Å². The van der Waals surface area contributed by atoms with Crippen LogP contribution < -0.4 is 10.5 Å². The van der Waals surface area contributed by atoms with Crippen LogP contribution in [-0.2, 0) is 6.61 Å². The second-order valence-corrected chi connectivity index (χ2v) is 4.99. The van der Waals surface area contributed by atoms with Gasteiger partial charge >= 0.3 is 0 Å². The Labute approximate surface area is 107 Å².